The van der Waals surface area contributed by atoms with E-state index in [1.807, 2.05) is 41.5 Å². The molecule has 0 rings (SSSR count). The summed E-state index contributed by atoms with van der Waals surface area (Å²) in [5.74, 6) is -0.445. The van der Waals surface area contributed by atoms with Crippen LogP contribution in [0.5, 0.6) is 0 Å². The molecular formula is C18H33IO4. The van der Waals surface area contributed by atoms with Crippen molar-refractivity contribution in [3.05, 3.63) is 0 Å². The van der Waals surface area contributed by atoms with Crippen LogP contribution in [0.3, 0.4) is 0 Å². The Morgan fingerprint density at radius 3 is 2.00 bits per heavy atom. The predicted molar refractivity (Wildman–Crippen MR) is 102 cm³/mol. The van der Waals surface area contributed by atoms with Gasteiger partial charge in [-0.15, -0.1) is 0 Å². The molecule has 0 aliphatic carbocycles. The van der Waals surface area contributed by atoms with Gasteiger partial charge in [0.05, 0.1) is 0 Å². The van der Waals surface area contributed by atoms with E-state index in [1.54, 1.807) is 0 Å². The maximum absolute atomic E-state index is 12.1. The zero-order valence-corrected chi connectivity index (χ0v) is 17.7. The summed E-state index contributed by atoms with van der Waals surface area (Å²) < 4.78 is 12.4. The van der Waals surface area contributed by atoms with Crippen LogP contribution in [0.2, 0.25) is 0 Å². The summed E-state index contributed by atoms with van der Waals surface area (Å²) in [5, 5.41) is 0. The molecular weight excluding hydrogens is 407 g/mol. The van der Waals surface area contributed by atoms with Crippen molar-refractivity contribution in [3.63, 3.8) is 0 Å². The maximum Gasteiger partial charge on any atom is 0.306 e. The predicted octanol–water partition coefficient (Wildman–Crippen LogP) is 5.06. The minimum Gasteiger partial charge on any atom is -0.458 e. The molecule has 1 unspecified atom stereocenters. The molecule has 0 amide bonds. The second kappa shape index (κ2) is 10.5. The Labute approximate surface area is 155 Å². The third-order valence-corrected chi connectivity index (χ3v) is 4.31. The number of esters is 2. The van der Waals surface area contributed by atoms with Gasteiger partial charge in [-0.1, -0.05) is 56.7 Å². The molecule has 0 N–H and O–H groups in total. The number of ether oxygens (including phenoxy) is 2. The van der Waals surface area contributed by atoms with Gasteiger partial charge in [0.1, 0.15) is 11.7 Å². The largest absolute Gasteiger partial charge is 0.458 e. The lowest BCUT2D eigenvalue weighted by atomic mass is 9.80. The van der Waals surface area contributed by atoms with Crippen LogP contribution in [-0.4, -0.2) is 28.1 Å². The van der Waals surface area contributed by atoms with Crippen LogP contribution in [0.1, 0.15) is 80.1 Å². The zero-order chi connectivity index (χ0) is 18.1. The number of hydrogen-bond donors (Lipinski definition) is 0. The van der Waals surface area contributed by atoms with Crippen LogP contribution >= 0.6 is 22.6 Å². The lowest BCUT2D eigenvalue weighted by Gasteiger charge is -2.41. The van der Waals surface area contributed by atoms with Crippen molar-refractivity contribution in [3.8, 4) is 0 Å². The Morgan fingerprint density at radius 2 is 1.52 bits per heavy atom. The molecule has 0 saturated heterocycles. The van der Waals surface area contributed by atoms with Crippen LogP contribution < -0.4 is 0 Å². The number of unbranched alkanes of at least 4 members (excludes halogenated alkanes) is 2. The summed E-state index contributed by atoms with van der Waals surface area (Å²) in [6.45, 7) is 11.7. The van der Waals surface area contributed by atoms with Gasteiger partial charge in [0, 0.05) is 18.3 Å². The van der Waals surface area contributed by atoms with Crippen molar-refractivity contribution < 1.29 is 19.1 Å². The Bertz CT molecular complexity index is 372. The number of alkyl halides is 1. The number of hydrogen-bond acceptors (Lipinski definition) is 4. The fourth-order valence-corrected chi connectivity index (χ4v) is 3.17. The first-order valence-corrected chi connectivity index (χ1v) is 10.0. The monoisotopic (exact) mass is 440 g/mol. The molecule has 0 saturated carbocycles. The molecule has 0 aromatic rings. The van der Waals surface area contributed by atoms with E-state index in [2.05, 4.69) is 22.6 Å². The molecule has 4 nitrogen and oxygen atoms in total. The molecule has 136 valence electrons. The number of halogens is 1. The van der Waals surface area contributed by atoms with Gasteiger partial charge in [-0.25, -0.2) is 0 Å². The highest BCUT2D eigenvalue weighted by atomic mass is 127. The maximum atomic E-state index is 12.1. The van der Waals surface area contributed by atoms with E-state index < -0.39 is 11.7 Å². The van der Waals surface area contributed by atoms with Gasteiger partial charge >= 0.3 is 11.9 Å². The fourth-order valence-electron chi connectivity index (χ4n) is 2.63. The van der Waals surface area contributed by atoms with Gasteiger partial charge in [0.2, 0.25) is 0 Å². The van der Waals surface area contributed by atoms with E-state index in [-0.39, 0.29) is 17.4 Å². The van der Waals surface area contributed by atoms with Gasteiger partial charge < -0.3 is 9.47 Å². The average Bonchev–Trinajstić information content (AvgIpc) is 2.40. The molecule has 0 aliphatic heterocycles. The molecule has 1 atom stereocenters. The van der Waals surface area contributed by atoms with Gasteiger partial charge in [-0.3, -0.25) is 9.59 Å². The van der Waals surface area contributed by atoms with Gasteiger partial charge in [0.15, 0.2) is 0 Å². The van der Waals surface area contributed by atoms with Gasteiger partial charge in [-0.05, 0) is 37.5 Å². The Kier molecular flexibility index (Phi) is 10.4. The van der Waals surface area contributed by atoms with Crippen molar-refractivity contribution in [1.82, 2.24) is 0 Å². The van der Waals surface area contributed by atoms with Crippen molar-refractivity contribution >= 4 is 34.5 Å². The van der Waals surface area contributed by atoms with Gasteiger partial charge in [0.25, 0.3) is 0 Å². The normalized spacial score (nSPS) is 13.5. The number of carbonyl (C=O) groups excluding carboxylic acids is 2. The van der Waals surface area contributed by atoms with E-state index >= 15 is 0 Å². The Morgan fingerprint density at radius 1 is 0.957 bits per heavy atom. The van der Waals surface area contributed by atoms with E-state index in [4.69, 9.17) is 9.47 Å². The Balaban J connectivity index is 4.86. The van der Waals surface area contributed by atoms with Crippen LogP contribution in [0.25, 0.3) is 0 Å². The summed E-state index contributed by atoms with van der Waals surface area (Å²) in [6, 6.07) is 0. The molecule has 0 aromatic carbocycles. The molecule has 0 bridgehead atoms. The summed E-state index contributed by atoms with van der Waals surface area (Å²) in [7, 11) is 0. The minimum absolute atomic E-state index is 0.221. The third-order valence-electron chi connectivity index (χ3n) is 3.54. The summed E-state index contributed by atoms with van der Waals surface area (Å²) in [6.07, 6.45) is 3.93. The molecule has 23 heavy (non-hydrogen) atoms. The molecule has 0 aromatic heterocycles. The van der Waals surface area contributed by atoms with E-state index in [1.165, 1.54) is 0 Å². The summed E-state index contributed by atoms with van der Waals surface area (Å²) >= 11 is 2.30. The fraction of sp³-hybridized carbons (Fsp3) is 0.889. The zero-order valence-electron chi connectivity index (χ0n) is 15.5. The highest BCUT2D eigenvalue weighted by Gasteiger charge is 2.44. The first-order chi connectivity index (χ1) is 10.5. The highest BCUT2D eigenvalue weighted by Crippen LogP contribution is 2.34. The summed E-state index contributed by atoms with van der Waals surface area (Å²) in [5.41, 5.74) is -1.16. The first-order valence-electron chi connectivity index (χ1n) is 8.52. The number of rotatable bonds is 10. The molecule has 0 heterocycles. The standard InChI is InChI=1S/C18H33IO4/c1-7-8-11-14(20)22-16(17(2,3)4)18(5,6)23-15(21)12-9-10-13-19/h16H,7-13H2,1-6H3. The first kappa shape index (κ1) is 22.7. The van der Waals surface area contributed by atoms with Crippen LogP contribution in [0.15, 0.2) is 0 Å². The van der Waals surface area contributed by atoms with Crippen LogP contribution in [-0.2, 0) is 19.1 Å². The van der Waals surface area contributed by atoms with E-state index in [0.717, 1.165) is 30.1 Å². The lowest BCUT2D eigenvalue weighted by Crippen LogP contribution is -2.50. The van der Waals surface area contributed by atoms with Crippen molar-refractivity contribution in [1.29, 1.82) is 0 Å². The minimum atomic E-state index is -0.846. The highest BCUT2D eigenvalue weighted by molar-refractivity contribution is 14.1. The SMILES string of the molecule is CCCCC(=O)OC(C(C)(C)C)C(C)(C)OC(=O)CCCCI. The molecule has 0 radical (unpaired) electrons. The second-order valence-electron chi connectivity index (χ2n) is 7.56. The van der Waals surface area contributed by atoms with Crippen LogP contribution in [0, 0.1) is 5.41 Å². The topological polar surface area (TPSA) is 52.6 Å². The smallest absolute Gasteiger partial charge is 0.306 e. The van der Waals surface area contributed by atoms with Gasteiger partial charge in [-0.2, -0.15) is 0 Å². The average molecular weight is 440 g/mol. The number of carbonyl (C=O) groups is 2. The second-order valence-corrected chi connectivity index (χ2v) is 8.64. The third kappa shape index (κ3) is 9.52. The van der Waals surface area contributed by atoms with Crippen molar-refractivity contribution in [2.75, 3.05) is 4.43 Å². The van der Waals surface area contributed by atoms with E-state index in [9.17, 15) is 9.59 Å². The van der Waals surface area contributed by atoms with Crippen molar-refractivity contribution in [2.24, 2.45) is 5.41 Å². The lowest BCUT2D eigenvalue weighted by molar-refractivity contribution is -0.193. The molecule has 0 aliphatic rings. The molecule has 0 fully saturated rings. The molecule has 0 spiro atoms. The van der Waals surface area contributed by atoms with Crippen molar-refractivity contribution in [2.45, 2.75) is 91.8 Å². The van der Waals surface area contributed by atoms with E-state index in [0.29, 0.717) is 12.8 Å². The quantitative estimate of drug-likeness (QED) is 0.206. The Hall–Kier alpha value is -0.330. The summed E-state index contributed by atoms with van der Waals surface area (Å²) in [4.78, 5) is 24.1. The van der Waals surface area contributed by atoms with Crippen LogP contribution in [0.4, 0.5) is 0 Å². The molecule has 5 heteroatoms.